The van der Waals surface area contributed by atoms with Gasteiger partial charge in [-0.2, -0.15) is 0 Å². The fraction of sp³-hybridized carbons (Fsp3) is 0.143. The lowest BCUT2D eigenvalue weighted by Gasteiger charge is -2.07. The Bertz CT molecular complexity index is 526. The average molecular weight is 243 g/mol. The molecule has 0 amide bonds. The van der Waals surface area contributed by atoms with Crippen LogP contribution in [0.15, 0.2) is 48.8 Å². The highest BCUT2D eigenvalue weighted by Crippen LogP contribution is 2.15. The summed E-state index contributed by atoms with van der Waals surface area (Å²) in [5.74, 6) is 0.253. The zero-order valence-electron chi connectivity index (χ0n) is 10.00. The fourth-order valence-electron chi connectivity index (χ4n) is 1.48. The first-order valence-electron chi connectivity index (χ1n) is 5.49. The Balaban J connectivity index is 2.04. The largest absolute Gasteiger partial charge is 0.489 e. The number of hydrogen-bond donors (Lipinski definition) is 0. The van der Waals surface area contributed by atoms with Gasteiger partial charge in [-0.25, -0.2) is 4.79 Å². The second-order valence-corrected chi connectivity index (χ2v) is 3.67. The van der Waals surface area contributed by atoms with Gasteiger partial charge in [0.1, 0.15) is 12.4 Å². The van der Waals surface area contributed by atoms with Gasteiger partial charge in [-0.15, -0.1) is 0 Å². The Hall–Kier alpha value is -2.36. The van der Waals surface area contributed by atoms with E-state index in [9.17, 15) is 4.79 Å². The van der Waals surface area contributed by atoms with Crippen molar-refractivity contribution in [2.24, 2.45) is 0 Å². The van der Waals surface area contributed by atoms with E-state index in [0.29, 0.717) is 17.9 Å². The van der Waals surface area contributed by atoms with Gasteiger partial charge in [0.25, 0.3) is 0 Å². The van der Waals surface area contributed by atoms with E-state index < -0.39 is 0 Å². The molecule has 0 radical (unpaired) electrons. The van der Waals surface area contributed by atoms with E-state index in [1.165, 1.54) is 7.11 Å². The van der Waals surface area contributed by atoms with Gasteiger partial charge in [0.15, 0.2) is 0 Å². The maximum absolute atomic E-state index is 11.4. The van der Waals surface area contributed by atoms with Gasteiger partial charge in [-0.05, 0) is 24.3 Å². The molecule has 0 bridgehead atoms. The molecule has 4 nitrogen and oxygen atoms in total. The van der Waals surface area contributed by atoms with Crippen molar-refractivity contribution < 1.29 is 14.3 Å². The summed E-state index contributed by atoms with van der Waals surface area (Å²) in [5, 5.41) is 0. The Labute approximate surface area is 105 Å². The van der Waals surface area contributed by atoms with Gasteiger partial charge in [0.05, 0.1) is 12.7 Å². The standard InChI is InChI=1S/C14H13NO3/c1-17-14(16)12-5-2-6-13(8-12)18-10-11-4-3-7-15-9-11/h2-9H,10H2,1H3. The van der Waals surface area contributed by atoms with Gasteiger partial charge < -0.3 is 9.47 Å². The highest BCUT2D eigenvalue weighted by Gasteiger charge is 2.06. The first-order chi connectivity index (χ1) is 8.79. The van der Waals surface area contributed by atoms with Crippen LogP contribution in [0.25, 0.3) is 0 Å². The lowest BCUT2D eigenvalue weighted by atomic mass is 10.2. The number of esters is 1. The third-order valence-corrected chi connectivity index (χ3v) is 2.38. The zero-order valence-corrected chi connectivity index (χ0v) is 10.00. The number of benzene rings is 1. The summed E-state index contributed by atoms with van der Waals surface area (Å²) in [6, 6.07) is 10.7. The summed E-state index contributed by atoms with van der Waals surface area (Å²) in [6.07, 6.45) is 3.45. The van der Waals surface area contributed by atoms with E-state index in [2.05, 4.69) is 9.72 Å². The minimum Gasteiger partial charge on any atom is -0.489 e. The number of methoxy groups -OCH3 is 1. The quantitative estimate of drug-likeness (QED) is 0.774. The molecule has 18 heavy (non-hydrogen) atoms. The first kappa shape index (κ1) is 12.1. The number of rotatable bonds is 4. The SMILES string of the molecule is COC(=O)c1cccc(OCc2cccnc2)c1. The second-order valence-electron chi connectivity index (χ2n) is 3.67. The molecule has 0 aliphatic rings. The molecule has 0 saturated heterocycles. The third-order valence-electron chi connectivity index (χ3n) is 2.38. The van der Waals surface area contributed by atoms with Crippen LogP contribution in [-0.2, 0) is 11.3 Å². The maximum Gasteiger partial charge on any atom is 0.337 e. The number of ether oxygens (including phenoxy) is 2. The molecule has 0 spiro atoms. The number of aromatic nitrogens is 1. The lowest BCUT2D eigenvalue weighted by Crippen LogP contribution is -2.02. The van der Waals surface area contributed by atoms with Crippen molar-refractivity contribution in [3.63, 3.8) is 0 Å². The maximum atomic E-state index is 11.4. The van der Waals surface area contributed by atoms with Crippen LogP contribution in [-0.4, -0.2) is 18.1 Å². The molecule has 0 aliphatic heterocycles. The van der Waals surface area contributed by atoms with Crippen molar-refractivity contribution >= 4 is 5.97 Å². The highest BCUT2D eigenvalue weighted by molar-refractivity contribution is 5.89. The van der Waals surface area contributed by atoms with Crippen LogP contribution in [0.1, 0.15) is 15.9 Å². The van der Waals surface area contributed by atoms with Crippen LogP contribution >= 0.6 is 0 Å². The minimum absolute atomic E-state index is 0.373. The van der Waals surface area contributed by atoms with E-state index >= 15 is 0 Å². The summed E-state index contributed by atoms with van der Waals surface area (Å²) in [7, 11) is 1.35. The Morgan fingerprint density at radius 1 is 1.28 bits per heavy atom. The summed E-state index contributed by atoms with van der Waals surface area (Å²) in [4.78, 5) is 15.4. The van der Waals surface area contributed by atoms with Crippen LogP contribution < -0.4 is 4.74 Å². The molecule has 0 saturated carbocycles. The molecule has 0 unspecified atom stereocenters. The van der Waals surface area contributed by atoms with Crippen LogP contribution in [0.2, 0.25) is 0 Å². The molecular weight excluding hydrogens is 230 g/mol. The molecule has 1 aromatic carbocycles. The molecular formula is C14H13NO3. The van der Waals surface area contributed by atoms with E-state index in [4.69, 9.17) is 4.74 Å². The predicted molar refractivity (Wildman–Crippen MR) is 66.4 cm³/mol. The summed E-state index contributed by atoms with van der Waals surface area (Å²) in [6.45, 7) is 0.415. The van der Waals surface area contributed by atoms with Crippen LogP contribution in [0.4, 0.5) is 0 Å². The van der Waals surface area contributed by atoms with Crippen molar-refractivity contribution in [3.8, 4) is 5.75 Å². The second kappa shape index (κ2) is 5.82. The van der Waals surface area contributed by atoms with Crippen LogP contribution in [0, 0.1) is 0 Å². The van der Waals surface area contributed by atoms with E-state index in [-0.39, 0.29) is 5.97 Å². The van der Waals surface area contributed by atoms with Crippen molar-refractivity contribution in [1.29, 1.82) is 0 Å². The van der Waals surface area contributed by atoms with E-state index in [1.807, 2.05) is 12.1 Å². The smallest absolute Gasteiger partial charge is 0.337 e. The molecule has 2 aromatic rings. The Morgan fingerprint density at radius 3 is 2.89 bits per heavy atom. The minimum atomic E-state index is -0.373. The molecule has 4 heteroatoms. The molecule has 0 fully saturated rings. The number of carbonyl (C=O) groups excluding carboxylic acids is 1. The molecule has 1 aromatic heterocycles. The molecule has 0 atom stereocenters. The predicted octanol–water partition coefficient (Wildman–Crippen LogP) is 2.45. The van der Waals surface area contributed by atoms with Gasteiger partial charge in [0.2, 0.25) is 0 Å². The summed E-state index contributed by atoms with van der Waals surface area (Å²) >= 11 is 0. The molecule has 2 rings (SSSR count). The normalized spacial score (nSPS) is 9.83. The molecule has 1 heterocycles. The lowest BCUT2D eigenvalue weighted by molar-refractivity contribution is 0.0600. The van der Waals surface area contributed by atoms with E-state index in [1.54, 1.807) is 36.7 Å². The molecule has 0 aliphatic carbocycles. The number of carbonyl (C=O) groups is 1. The van der Waals surface area contributed by atoms with Crippen molar-refractivity contribution in [1.82, 2.24) is 4.98 Å². The first-order valence-corrected chi connectivity index (χ1v) is 5.49. The van der Waals surface area contributed by atoms with Gasteiger partial charge in [-0.1, -0.05) is 12.1 Å². The van der Waals surface area contributed by atoms with Crippen molar-refractivity contribution in [2.75, 3.05) is 7.11 Å². The summed E-state index contributed by atoms with van der Waals surface area (Å²) in [5.41, 5.74) is 1.45. The van der Waals surface area contributed by atoms with Crippen molar-refractivity contribution in [2.45, 2.75) is 6.61 Å². The summed E-state index contributed by atoms with van der Waals surface area (Å²) < 4.78 is 10.2. The molecule has 0 N–H and O–H groups in total. The third kappa shape index (κ3) is 3.07. The van der Waals surface area contributed by atoms with Gasteiger partial charge in [0, 0.05) is 18.0 Å². The van der Waals surface area contributed by atoms with Crippen LogP contribution in [0.5, 0.6) is 5.75 Å². The Kier molecular flexibility index (Phi) is 3.91. The van der Waals surface area contributed by atoms with Crippen LogP contribution in [0.3, 0.4) is 0 Å². The zero-order chi connectivity index (χ0) is 12.8. The monoisotopic (exact) mass is 243 g/mol. The Morgan fingerprint density at radius 2 is 2.17 bits per heavy atom. The average Bonchev–Trinajstić information content (AvgIpc) is 2.45. The molecule has 92 valence electrons. The number of nitrogens with zero attached hydrogens (tertiary/aromatic N) is 1. The van der Waals surface area contributed by atoms with Gasteiger partial charge in [-0.3, -0.25) is 4.98 Å². The number of pyridine rings is 1. The topological polar surface area (TPSA) is 48.4 Å². The van der Waals surface area contributed by atoms with E-state index in [0.717, 1.165) is 5.56 Å². The number of hydrogen-bond acceptors (Lipinski definition) is 4. The highest BCUT2D eigenvalue weighted by atomic mass is 16.5. The van der Waals surface area contributed by atoms with Gasteiger partial charge >= 0.3 is 5.97 Å². The van der Waals surface area contributed by atoms with Crippen molar-refractivity contribution in [3.05, 3.63) is 59.9 Å². The fourth-order valence-corrected chi connectivity index (χ4v) is 1.48.